The largest absolute Gasteiger partial charge is 0.497 e. The van der Waals surface area contributed by atoms with E-state index >= 15 is 0 Å². The van der Waals surface area contributed by atoms with Gasteiger partial charge in [0.2, 0.25) is 0 Å². The molecule has 198 valence electrons. The minimum atomic E-state index is -0.175. The third kappa shape index (κ3) is 6.62. The first kappa shape index (κ1) is 27.4. The van der Waals surface area contributed by atoms with Gasteiger partial charge >= 0.3 is 5.97 Å². The van der Waals surface area contributed by atoms with Crippen molar-refractivity contribution in [1.82, 2.24) is 5.32 Å². The fraction of sp³-hybridized carbons (Fsp3) is 0.324. The molecular formula is C34H39NO3. The zero-order chi connectivity index (χ0) is 27.2. The summed E-state index contributed by atoms with van der Waals surface area (Å²) in [7, 11) is 1.70. The lowest BCUT2D eigenvalue weighted by Crippen LogP contribution is -2.22. The van der Waals surface area contributed by atoms with Gasteiger partial charge in [-0.1, -0.05) is 67.6 Å². The van der Waals surface area contributed by atoms with E-state index in [2.05, 4.69) is 92.0 Å². The van der Waals surface area contributed by atoms with Gasteiger partial charge in [0.1, 0.15) is 5.75 Å². The minimum absolute atomic E-state index is 0.0942. The monoisotopic (exact) mass is 509 g/mol. The first-order valence-corrected chi connectivity index (χ1v) is 13.5. The molecule has 38 heavy (non-hydrogen) atoms. The molecule has 4 aromatic rings. The first-order chi connectivity index (χ1) is 18.2. The van der Waals surface area contributed by atoms with Gasteiger partial charge in [0.25, 0.3) is 0 Å². The second kappa shape index (κ2) is 12.3. The van der Waals surface area contributed by atoms with E-state index in [9.17, 15) is 4.79 Å². The Balaban J connectivity index is 1.58. The van der Waals surface area contributed by atoms with Crippen LogP contribution in [0.15, 0.2) is 84.9 Å². The Labute approximate surface area is 227 Å². The summed E-state index contributed by atoms with van der Waals surface area (Å²) in [5.74, 6) is 0.546. The Bertz CT molecular complexity index is 1380. The molecular weight excluding hydrogens is 470 g/mol. The second-order valence-corrected chi connectivity index (χ2v) is 10.5. The summed E-state index contributed by atoms with van der Waals surface area (Å²) in [5, 5.41) is 6.21. The van der Waals surface area contributed by atoms with Gasteiger partial charge in [-0.25, -0.2) is 0 Å². The van der Waals surface area contributed by atoms with Gasteiger partial charge in [0, 0.05) is 12.1 Å². The Morgan fingerprint density at radius 1 is 0.789 bits per heavy atom. The molecule has 0 amide bonds. The molecule has 0 heterocycles. The van der Waals surface area contributed by atoms with Crippen LogP contribution >= 0.6 is 0 Å². The zero-order valence-electron chi connectivity index (χ0n) is 23.3. The molecule has 0 saturated carbocycles. The fourth-order valence-electron chi connectivity index (χ4n) is 4.91. The number of nitrogens with one attached hydrogen (secondary N) is 1. The van der Waals surface area contributed by atoms with Crippen LogP contribution in [0.4, 0.5) is 0 Å². The van der Waals surface area contributed by atoms with Crippen LogP contribution in [0, 0.1) is 5.92 Å². The summed E-state index contributed by atoms with van der Waals surface area (Å²) < 4.78 is 10.8. The fourth-order valence-corrected chi connectivity index (χ4v) is 4.91. The number of methoxy groups -OCH3 is 1. The van der Waals surface area contributed by atoms with Crippen molar-refractivity contribution in [2.45, 2.75) is 59.2 Å². The first-order valence-electron chi connectivity index (χ1n) is 13.5. The van der Waals surface area contributed by atoms with Gasteiger partial charge in [-0.3, -0.25) is 4.79 Å². The molecule has 4 heteroatoms. The molecule has 0 radical (unpaired) electrons. The number of esters is 1. The highest BCUT2D eigenvalue weighted by molar-refractivity contribution is 5.97. The summed E-state index contributed by atoms with van der Waals surface area (Å²) in [4.78, 5) is 12.3. The summed E-state index contributed by atoms with van der Waals surface area (Å²) in [6.45, 7) is 10.1. The van der Waals surface area contributed by atoms with Crippen LogP contribution in [0.25, 0.3) is 21.9 Å². The van der Waals surface area contributed by atoms with Gasteiger partial charge in [-0.05, 0) is 97.0 Å². The summed E-state index contributed by atoms with van der Waals surface area (Å²) in [6, 6.07) is 30.2. The van der Waals surface area contributed by atoms with Crippen molar-refractivity contribution in [1.29, 1.82) is 0 Å². The van der Waals surface area contributed by atoms with E-state index in [-0.39, 0.29) is 30.1 Å². The molecule has 0 spiro atoms. The molecule has 0 aliphatic carbocycles. The van der Waals surface area contributed by atoms with E-state index < -0.39 is 0 Å². The maximum Gasteiger partial charge on any atom is 0.309 e. The third-order valence-electron chi connectivity index (χ3n) is 7.04. The predicted octanol–water partition coefficient (Wildman–Crippen LogP) is 8.06. The van der Waals surface area contributed by atoms with Gasteiger partial charge in [-0.15, -0.1) is 0 Å². The molecule has 0 bridgehead atoms. The number of hydrogen-bond acceptors (Lipinski definition) is 4. The molecule has 0 fully saturated rings. The van der Waals surface area contributed by atoms with Gasteiger partial charge in [0.05, 0.1) is 19.1 Å². The highest BCUT2D eigenvalue weighted by Gasteiger charge is 2.17. The van der Waals surface area contributed by atoms with Crippen LogP contribution in [0.5, 0.6) is 5.75 Å². The quantitative estimate of drug-likeness (QED) is 0.220. The van der Waals surface area contributed by atoms with Crippen molar-refractivity contribution in [2.75, 3.05) is 7.11 Å². The number of benzene rings is 4. The van der Waals surface area contributed by atoms with E-state index in [0.29, 0.717) is 6.42 Å². The molecule has 3 atom stereocenters. The SMILES string of the molecule is COc1cccc([C@@H](C)NC(C)c2cc(-c3ccc(CC(C)C(=O)OC(C)C)cc3)c3ccccc3c2)c1. The Morgan fingerprint density at radius 3 is 2.21 bits per heavy atom. The molecule has 0 aliphatic heterocycles. The molecule has 2 unspecified atom stereocenters. The highest BCUT2D eigenvalue weighted by atomic mass is 16.5. The number of hydrogen-bond donors (Lipinski definition) is 1. The highest BCUT2D eigenvalue weighted by Crippen LogP contribution is 2.33. The minimum Gasteiger partial charge on any atom is -0.497 e. The third-order valence-corrected chi connectivity index (χ3v) is 7.04. The van der Waals surface area contributed by atoms with Crippen LogP contribution in [-0.4, -0.2) is 19.2 Å². The smallest absolute Gasteiger partial charge is 0.309 e. The van der Waals surface area contributed by atoms with Gasteiger partial charge < -0.3 is 14.8 Å². The van der Waals surface area contributed by atoms with E-state index in [1.54, 1.807) is 7.11 Å². The Morgan fingerprint density at radius 2 is 1.50 bits per heavy atom. The van der Waals surface area contributed by atoms with Crippen molar-refractivity contribution in [2.24, 2.45) is 5.92 Å². The molecule has 4 rings (SSSR count). The molecule has 0 aromatic heterocycles. The standard InChI is InChI=1S/C34H39NO3/c1-22(2)38-34(36)23(3)18-26-14-16-27(17-15-26)33-21-30(19-29-10-7-8-13-32(29)33)25(5)35-24(4)28-11-9-12-31(20-28)37-6/h7-17,19-25,35H,18H2,1-6H3/t23?,24-,25?/m1/s1. The number of carbonyl (C=O) groups is 1. The average Bonchev–Trinajstić information content (AvgIpc) is 2.92. The Hall–Kier alpha value is -3.63. The maximum atomic E-state index is 12.3. The van der Waals surface area contributed by atoms with Crippen molar-refractivity contribution in [3.63, 3.8) is 0 Å². The summed E-state index contributed by atoms with van der Waals surface area (Å²) >= 11 is 0. The molecule has 0 saturated heterocycles. The van der Waals surface area contributed by atoms with Crippen molar-refractivity contribution in [3.05, 3.63) is 102 Å². The normalized spacial score (nSPS) is 13.8. The van der Waals surface area contributed by atoms with Gasteiger partial charge in [-0.2, -0.15) is 0 Å². The van der Waals surface area contributed by atoms with Crippen LogP contribution in [0.3, 0.4) is 0 Å². The van der Waals surface area contributed by atoms with E-state index in [1.165, 1.54) is 27.5 Å². The number of ether oxygens (including phenoxy) is 2. The van der Waals surface area contributed by atoms with E-state index in [1.807, 2.05) is 32.9 Å². The molecule has 1 N–H and O–H groups in total. The summed E-state index contributed by atoms with van der Waals surface area (Å²) in [6.07, 6.45) is 0.568. The maximum absolute atomic E-state index is 12.3. The van der Waals surface area contributed by atoms with Crippen LogP contribution in [-0.2, 0) is 16.0 Å². The van der Waals surface area contributed by atoms with Crippen LogP contribution < -0.4 is 10.1 Å². The van der Waals surface area contributed by atoms with Crippen molar-refractivity contribution in [3.8, 4) is 16.9 Å². The number of fused-ring (bicyclic) bond motifs is 1. The van der Waals surface area contributed by atoms with Crippen molar-refractivity contribution < 1.29 is 14.3 Å². The van der Waals surface area contributed by atoms with E-state index in [0.717, 1.165) is 16.9 Å². The molecule has 4 aromatic carbocycles. The van der Waals surface area contributed by atoms with E-state index in [4.69, 9.17) is 9.47 Å². The lowest BCUT2D eigenvalue weighted by atomic mass is 9.92. The summed E-state index contributed by atoms with van der Waals surface area (Å²) in [5.41, 5.74) is 5.93. The predicted molar refractivity (Wildman–Crippen MR) is 156 cm³/mol. The van der Waals surface area contributed by atoms with Gasteiger partial charge in [0.15, 0.2) is 0 Å². The lowest BCUT2D eigenvalue weighted by molar-refractivity contribution is -0.151. The molecule has 0 aliphatic rings. The van der Waals surface area contributed by atoms with Crippen LogP contribution in [0.1, 0.15) is 63.4 Å². The zero-order valence-corrected chi connectivity index (χ0v) is 23.3. The van der Waals surface area contributed by atoms with Crippen molar-refractivity contribution >= 4 is 16.7 Å². The number of carbonyl (C=O) groups excluding carboxylic acids is 1. The average molecular weight is 510 g/mol. The lowest BCUT2D eigenvalue weighted by Gasteiger charge is -2.22. The second-order valence-electron chi connectivity index (χ2n) is 10.5. The number of rotatable bonds is 10. The topological polar surface area (TPSA) is 47.6 Å². The Kier molecular flexibility index (Phi) is 8.85. The molecule has 4 nitrogen and oxygen atoms in total. The van der Waals surface area contributed by atoms with Crippen LogP contribution in [0.2, 0.25) is 0 Å².